The third-order valence-corrected chi connectivity index (χ3v) is 7.31. The van der Waals surface area contributed by atoms with Crippen LogP contribution in [0.25, 0.3) is 0 Å². The average molecular weight is 508 g/mol. The Labute approximate surface area is 214 Å². The number of ether oxygens (including phenoxy) is 2. The van der Waals surface area contributed by atoms with Crippen molar-refractivity contribution in [2.45, 2.75) is 45.8 Å². The van der Waals surface area contributed by atoms with Crippen molar-refractivity contribution in [2.75, 3.05) is 18.5 Å². The molecule has 0 spiro atoms. The molecule has 9 nitrogen and oxygen atoms in total. The van der Waals surface area contributed by atoms with Crippen LogP contribution in [0.1, 0.15) is 53.4 Å². The number of aryl methyl sites for hydroxylation is 1. The van der Waals surface area contributed by atoms with Crippen LogP contribution >= 0.6 is 11.3 Å². The first-order chi connectivity index (χ1) is 17.4. The van der Waals surface area contributed by atoms with E-state index in [4.69, 9.17) is 9.47 Å². The molecule has 188 valence electrons. The molecule has 1 N–H and O–H groups in total. The fourth-order valence-corrected chi connectivity index (χ4v) is 5.49. The Morgan fingerprint density at radius 3 is 2.86 bits per heavy atom. The van der Waals surface area contributed by atoms with Gasteiger partial charge in [-0.2, -0.15) is 5.26 Å². The zero-order valence-electron chi connectivity index (χ0n) is 20.6. The van der Waals surface area contributed by atoms with Crippen molar-refractivity contribution in [1.82, 2.24) is 14.5 Å². The van der Waals surface area contributed by atoms with E-state index in [1.165, 1.54) is 11.3 Å². The molecule has 1 aliphatic rings. The third kappa shape index (κ3) is 5.52. The summed E-state index contributed by atoms with van der Waals surface area (Å²) in [5.74, 6) is 0.550. The summed E-state index contributed by atoms with van der Waals surface area (Å²) in [6.07, 6.45) is 3.68. The number of anilines is 1. The Hall–Kier alpha value is -3.84. The van der Waals surface area contributed by atoms with Crippen LogP contribution < -0.4 is 10.1 Å². The number of nitrogens with one attached hydrogen (secondary N) is 1. The van der Waals surface area contributed by atoms with Crippen LogP contribution in [0, 0.1) is 11.3 Å². The lowest BCUT2D eigenvalue weighted by atomic mass is 9.96. The highest BCUT2D eigenvalue weighted by Gasteiger charge is 2.28. The van der Waals surface area contributed by atoms with Crippen molar-refractivity contribution >= 4 is 28.3 Å². The van der Waals surface area contributed by atoms with Gasteiger partial charge in [0.05, 0.1) is 36.9 Å². The van der Waals surface area contributed by atoms with Gasteiger partial charge in [0.15, 0.2) is 0 Å². The molecular weight excluding hydrogens is 478 g/mol. The van der Waals surface area contributed by atoms with Gasteiger partial charge in [-0.3, -0.25) is 4.79 Å². The molecule has 0 saturated carbocycles. The minimum Gasteiger partial charge on any atom is -0.494 e. The van der Waals surface area contributed by atoms with Crippen LogP contribution in [-0.4, -0.2) is 39.6 Å². The predicted molar refractivity (Wildman–Crippen MR) is 136 cm³/mol. The van der Waals surface area contributed by atoms with Crippen molar-refractivity contribution in [3.05, 3.63) is 64.1 Å². The molecular formula is C26H29N5O4S. The van der Waals surface area contributed by atoms with Gasteiger partial charge < -0.3 is 24.3 Å². The first-order valence-electron chi connectivity index (χ1n) is 11.8. The van der Waals surface area contributed by atoms with Crippen LogP contribution in [0.5, 0.6) is 5.75 Å². The summed E-state index contributed by atoms with van der Waals surface area (Å²) < 4.78 is 12.9. The molecule has 1 unspecified atom stereocenters. The number of rotatable bonds is 8. The first kappa shape index (κ1) is 25.3. The fourth-order valence-electron chi connectivity index (χ4n) is 4.26. The Morgan fingerprint density at radius 1 is 1.33 bits per heavy atom. The van der Waals surface area contributed by atoms with E-state index in [9.17, 15) is 14.9 Å². The lowest BCUT2D eigenvalue weighted by molar-refractivity contribution is -0.116. The van der Waals surface area contributed by atoms with Crippen LogP contribution in [0.15, 0.2) is 36.8 Å². The SMILES string of the molecule is CCOc1ccccc1C(C)CC(=O)Nc1sc2c(c1C#N)CCN(C(=O)OCc1cncn1C)C2. The van der Waals surface area contributed by atoms with Crippen LogP contribution in [0.2, 0.25) is 0 Å². The Kier molecular flexibility index (Phi) is 7.90. The maximum atomic E-state index is 12.9. The minimum absolute atomic E-state index is 0.0578. The maximum Gasteiger partial charge on any atom is 0.410 e. The highest BCUT2D eigenvalue weighted by atomic mass is 32.1. The van der Waals surface area contributed by atoms with E-state index in [1.807, 2.05) is 45.2 Å². The van der Waals surface area contributed by atoms with Crippen molar-refractivity contribution in [1.29, 1.82) is 5.26 Å². The number of amides is 2. The summed E-state index contributed by atoms with van der Waals surface area (Å²) in [5.41, 5.74) is 3.14. The molecule has 1 aliphatic heterocycles. The van der Waals surface area contributed by atoms with E-state index in [-0.39, 0.29) is 24.9 Å². The van der Waals surface area contributed by atoms with Crippen molar-refractivity contribution in [3.63, 3.8) is 0 Å². The third-order valence-electron chi connectivity index (χ3n) is 6.18. The Bertz CT molecular complexity index is 1290. The summed E-state index contributed by atoms with van der Waals surface area (Å²) in [4.78, 5) is 32.0. The highest BCUT2D eigenvalue weighted by Crippen LogP contribution is 2.37. The predicted octanol–water partition coefficient (Wildman–Crippen LogP) is 4.58. The van der Waals surface area contributed by atoms with E-state index in [2.05, 4.69) is 16.4 Å². The van der Waals surface area contributed by atoms with Gasteiger partial charge in [0.2, 0.25) is 5.91 Å². The molecule has 3 heterocycles. The number of aromatic nitrogens is 2. The molecule has 0 fully saturated rings. The molecule has 0 saturated heterocycles. The molecule has 0 aliphatic carbocycles. The van der Waals surface area contributed by atoms with E-state index in [0.717, 1.165) is 27.4 Å². The number of thiophene rings is 1. The van der Waals surface area contributed by atoms with E-state index in [1.54, 1.807) is 22.0 Å². The lowest BCUT2D eigenvalue weighted by Gasteiger charge is -2.26. The van der Waals surface area contributed by atoms with E-state index in [0.29, 0.717) is 36.7 Å². The molecule has 4 rings (SSSR count). The zero-order chi connectivity index (χ0) is 25.7. The van der Waals surface area contributed by atoms with Gasteiger partial charge in [0.25, 0.3) is 0 Å². The smallest absolute Gasteiger partial charge is 0.410 e. The topological polar surface area (TPSA) is 109 Å². The van der Waals surface area contributed by atoms with Gasteiger partial charge in [-0.1, -0.05) is 25.1 Å². The first-order valence-corrected chi connectivity index (χ1v) is 12.7. The normalized spacial score (nSPS) is 13.4. The second-order valence-electron chi connectivity index (χ2n) is 8.67. The van der Waals surface area contributed by atoms with Crippen LogP contribution in [-0.2, 0) is 36.2 Å². The number of imidazole rings is 1. The summed E-state index contributed by atoms with van der Waals surface area (Å²) >= 11 is 1.35. The van der Waals surface area contributed by atoms with Gasteiger partial charge in [-0.15, -0.1) is 11.3 Å². The molecule has 10 heteroatoms. The number of nitriles is 1. The standard InChI is InChI=1S/C26H29N5O4S/c1-4-34-22-8-6-5-7-19(22)17(2)11-24(32)29-25-21(12-27)20-9-10-31(14-23(20)36-25)26(33)35-15-18-13-28-16-30(18)3/h5-8,13,16-17H,4,9-11,14-15H2,1-3H3,(H,29,32). The number of hydrogen-bond donors (Lipinski definition) is 1. The number of benzene rings is 1. The largest absolute Gasteiger partial charge is 0.494 e. The summed E-state index contributed by atoms with van der Waals surface area (Å²) in [6.45, 7) is 5.39. The van der Waals surface area contributed by atoms with Gasteiger partial charge in [-0.05, 0) is 36.5 Å². The molecule has 0 bridgehead atoms. The van der Waals surface area contributed by atoms with Crippen molar-refractivity contribution in [3.8, 4) is 11.8 Å². The number of fused-ring (bicyclic) bond motifs is 1. The number of nitrogens with zero attached hydrogens (tertiary/aromatic N) is 4. The molecule has 36 heavy (non-hydrogen) atoms. The van der Waals surface area contributed by atoms with Crippen molar-refractivity contribution < 1.29 is 19.1 Å². The highest BCUT2D eigenvalue weighted by molar-refractivity contribution is 7.16. The molecule has 2 aromatic heterocycles. The zero-order valence-corrected chi connectivity index (χ0v) is 21.4. The molecule has 1 aromatic carbocycles. The molecule has 1 atom stereocenters. The van der Waals surface area contributed by atoms with Gasteiger partial charge in [0, 0.05) is 24.9 Å². The quantitative estimate of drug-likeness (QED) is 0.478. The number of carbonyl (C=O) groups excluding carboxylic acids is 2. The minimum atomic E-state index is -0.416. The van der Waals surface area contributed by atoms with E-state index < -0.39 is 6.09 Å². The summed E-state index contributed by atoms with van der Waals surface area (Å²) in [5, 5.41) is 13.3. The maximum absolute atomic E-state index is 12.9. The van der Waals surface area contributed by atoms with Crippen LogP contribution in [0.4, 0.5) is 9.80 Å². The van der Waals surface area contributed by atoms with Crippen LogP contribution in [0.3, 0.4) is 0 Å². The Balaban J connectivity index is 1.40. The van der Waals surface area contributed by atoms with Gasteiger partial charge in [-0.25, -0.2) is 9.78 Å². The summed E-state index contributed by atoms with van der Waals surface area (Å²) in [7, 11) is 1.84. The van der Waals surface area contributed by atoms with Gasteiger partial charge in [0.1, 0.15) is 23.4 Å². The second kappa shape index (κ2) is 11.3. The van der Waals surface area contributed by atoms with Gasteiger partial charge >= 0.3 is 6.09 Å². The molecule has 3 aromatic rings. The fraction of sp³-hybridized carbons (Fsp3) is 0.385. The van der Waals surface area contributed by atoms with E-state index >= 15 is 0 Å². The Morgan fingerprint density at radius 2 is 2.14 bits per heavy atom. The monoisotopic (exact) mass is 507 g/mol. The average Bonchev–Trinajstić information content (AvgIpc) is 3.44. The number of hydrogen-bond acceptors (Lipinski definition) is 7. The number of para-hydroxylation sites is 1. The van der Waals surface area contributed by atoms with Crippen molar-refractivity contribution in [2.24, 2.45) is 7.05 Å². The second-order valence-corrected chi connectivity index (χ2v) is 9.77. The lowest BCUT2D eigenvalue weighted by Crippen LogP contribution is -2.35. The summed E-state index contributed by atoms with van der Waals surface area (Å²) in [6, 6.07) is 9.96. The number of carbonyl (C=O) groups is 2. The molecule has 2 amide bonds. The molecule has 0 radical (unpaired) electrons.